The third kappa shape index (κ3) is 4.66. The van der Waals surface area contributed by atoms with Crippen molar-refractivity contribution in [1.82, 2.24) is 15.1 Å². The number of aromatic nitrogens is 2. The van der Waals surface area contributed by atoms with Crippen molar-refractivity contribution in [3.63, 3.8) is 0 Å². The molecule has 23 heavy (non-hydrogen) atoms. The Labute approximate surface area is 144 Å². The molecule has 1 aliphatic carbocycles. The molecular weight excluding hydrogens is 308 g/mol. The molecule has 1 heterocycles. The molecule has 1 saturated carbocycles. The van der Waals surface area contributed by atoms with Gasteiger partial charge in [-0.2, -0.15) is 16.9 Å². The summed E-state index contributed by atoms with van der Waals surface area (Å²) < 4.78 is 1.96. The average molecular weight is 339 g/mol. The summed E-state index contributed by atoms with van der Waals surface area (Å²) in [7, 11) is 0. The zero-order chi connectivity index (χ0) is 17.0. The molecule has 0 unspecified atom stereocenters. The molecule has 1 aliphatic rings. The second kappa shape index (κ2) is 8.08. The van der Waals surface area contributed by atoms with Crippen LogP contribution >= 0.6 is 11.8 Å². The van der Waals surface area contributed by atoms with E-state index in [1.165, 1.54) is 12.8 Å². The molecule has 130 valence electrons. The Bertz CT molecular complexity index is 539. The first-order chi connectivity index (χ1) is 10.9. The fourth-order valence-corrected chi connectivity index (χ4v) is 4.52. The lowest BCUT2D eigenvalue weighted by Gasteiger charge is -2.29. The smallest absolute Gasteiger partial charge is 0.319 e. The predicted octanol–water partition coefficient (Wildman–Crippen LogP) is 4.27. The van der Waals surface area contributed by atoms with Crippen molar-refractivity contribution in [2.75, 3.05) is 11.1 Å². The largest absolute Gasteiger partial charge is 0.335 e. The minimum Gasteiger partial charge on any atom is -0.335 e. The summed E-state index contributed by atoms with van der Waals surface area (Å²) in [5, 5.41) is 11.4. The van der Waals surface area contributed by atoms with Crippen LogP contribution in [0.4, 0.5) is 10.5 Å². The van der Waals surface area contributed by atoms with Gasteiger partial charge in [0.15, 0.2) is 0 Å². The van der Waals surface area contributed by atoms with Gasteiger partial charge < -0.3 is 10.6 Å². The predicted molar refractivity (Wildman–Crippen MR) is 98.4 cm³/mol. The molecule has 2 amide bonds. The lowest BCUT2D eigenvalue weighted by molar-refractivity contribution is 0.244. The van der Waals surface area contributed by atoms with Crippen LogP contribution in [-0.4, -0.2) is 32.9 Å². The molecule has 6 heteroatoms. The topological polar surface area (TPSA) is 59.0 Å². The minimum atomic E-state index is -0.105. The van der Waals surface area contributed by atoms with E-state index in [0.717, 1.165) is 35.7 Å². The maximum absolute atomic E-state index is 12.4. The fourth-order valence-electron chi connectivity index (χ4n) is 3.34. The Balaban J connectivity index is 1.95. The molecule has 5 nitrogen and oxygen atoms in total. The number of hydrogen-bond acceptors (Lipinski definition) is 3. The van der Waals surface area contributed by atoms with Gasteiger partial charge in [0.2, 0.25) is 0 Å². The first-order valence-electron chi connectivity index (χ1n) is 8.67. The van der Waals surface area contributed by atoms with Crippen LogP contribution in [0.25, 0.3) is 0 Å². The van der Waals surface area contributed by atoms with Crippen LogP contribution in [0.15, 0.2) is 0 Å². The molecule has 2 N–H and O–H groups in total. The number of nitrogens with one attached hydrogen (secondary N) is 2. The number of nitrogens with zero attached hydrogens (tertiary/aromatic N) is 2. The quantitative estimate of drug-likeness (QED) is 0.843. The van der Waals surface area contributed by atoms with E-state index in [1.54, 1.807) is 0 Å². The molecule has 1 aromatic rings. The van der Waals surface area contributed by atoms with Crippen LogP contribution in [0.3, 0.4) is 0 Å². The number of hydrogen-bond donors (Lipinski definition) is 2. The molecule has 1 aromatic heterocycles. The summed E-state index contributed by atoms with van der Waals surface area (Å²) in [4.78, 5) is 12.4. The zero-order valence-electron chi connectivity index (χ0n) is 15.0. The second-order valence-corrected chi connectivity index (χ2v) is 8.20. The van der Waals surface area contributed by atoms with Gasteiger partial charge in [-0.3, -0.25) is 4.68 Å². The normalized spacial score (nSPS) is 21.5. The van der Waals surface area contributed by atoms with E-state index < -0.39 is 0 Å². The number of aryl methyl sites for hydroxylation is 1. The Morgan fingerprint density at radius 3 is 2.74 bits per heavy atom. The van der Waals surface area contributed by atoms with E-state index in [9.17, 15) is 4.79 Å². The molecule has 0 aliphatic heterocycles. The Morgan fingerprint density at radius 2 is 2.13 bits per heavy atom. The van der Waals surface area contributed by atoms with Crippen molar-refractivity contribution < 1.29 is 4.79 Å². The van der Waals surface area contributed by atoms with Crippen molar-refractivity contribution in [2.24, 2.45) is 0 Å². The van der Waals surface area contributed by atoms with Crippen LogP contribution in [-0.2, 0) is 0 Å². The molecule has 2 rings (SSSR count). The Morgan fingerprint density at radius 1 is 1.39 bits per heavy atom. The van der Waals surface area contributed by atoms with Crippen molar-refractivity contribution in [1.29, 1.82) is 0 Å². The van der Waals surface area contributed by atoms with Crippen molar-refractivity contribution >= 4 is 23.5 Å². The van der Waals surface area contributed by atoms with Gasteiger partial charge in [-0.15, -0.1) is 0 Å². The number of amides is 2. The Kier molecular flexibility index (Phi) is 6.39. The zero-order valence-corrected chi connectivity index (χ0v) is 15.8. The minimum absolute atomic E-state index is 0.105. The highest BCUT2D eigenvalue weighted by molar-refractivity contribution is 7.99. The van der Waals surface area contributed by atoms with Crippen LogP contribution in [0.5, 0.6) is 0 Å². The second-order valence-electron chi connectivity index (χ2n) is 6.62. The van der Waals surface area contributed by atoms with Gasteiger partial charge in [-0.25, -0.2) is 4.79 Å². The molecule has 0 bridgehead atoms. The van der Waals surface area contributed by atoms with E-state index in [1.807, 2.05) is 30.3 Å². The highest BCUT2D eigenvalue weighted by atomic mass is 32.2. The number of rotatable bonds is 5. The van der Waals surface area contributed by atoms with Gasteiger partial charge in [0.05, 0.1) is 17.1 Å². The van der Waals surface area contributed by atoms with Crippen molar-refractivity contribution in [3.05, 3.63) is 11.4 Å². The number of urea groups is 1. The Hall–Kier alpha value is -1.17. The third-order valence-corrected chi connectivity index (χ3v) is 5.65. The van der Waals surface area contributed by atoms with Crippen molar-refractivity contribution in [3.8, 4) is 0 Å². The summed E-state index contributed by atoms with van der Waals surface area (Å²) in [6, 6.07) is 0.470. The standard InChI is InChI=1S/C17H30N4OS/c1-6-23-15-9-7-8-14(10-15)18-17(22)19-16-12(4)20-21(11(2)3)13(16)5/h11,14-15H,6-10H2,1-5H3,(H2,18,19,22)/t14-,15+/m1/s1. The first kappa shape index (κ1) is 18.2. The van der Waals surface area contributed by atoms with Crippen LogP contribution in [0.1, 0.15) is 63.9 Å². The summed E-state index contributed by atoms with van der Waals surface area (Å²) in [5.41, 5.74) is 2.72. The molecule has 0 spiro atoms. The first-order valence-corrected chi connectivity index (χ1v) is 9.72. The van der Waals surface area contributed by atoms with Gasteiger partial charge in [0, 0.05) is 17.3 Å². The van der Waals surface area contributed by atoms with Crippen LogP contribution < -0.4 is 10.6 Å². The highest BCUT2D eigenvalue weighted by Crippen LogP contribution is 2.28. The van der Waals surface area contributed by atoms with E-state index in [4.69, 9.17) is 0 Å². The maximum atomic E-state index is 12.4. The number of thioether (sulfide) groups is 1. The highest BCUT2D eigenvalue weighted by Gasteiger charge is 2.24. The molecule has 0 saturated heterocycles. The number of anilines is 1. The van der Waals surface area contributed by atoms with Crippen LogP contribution in [0, 0.1) is 13.8 Å². The fraction of sp³-hybridized carbons (Fsp3) is 0.765. The van der Waals surface area contributed by atoms with Crippen LogP contribution in [0.2, 0.25) is 0 Å². The van der Waals surface area contributed by atoms with E-state index >= 15 is 0 Å². The van der Waals surface area contributed by atoms with E-state index in [2.05, 4.69) is 36.5 Å². The average Bonchev–Trinajstić information content (AvgIpc) is 2.76. The summed E-state index contributed by atoms with van der Waals surface area (Å²) in [5.74, 6) is 1.15. The van der Waals surface area contributed by atoms with Gasteiger partial charge in [-0.1, -0.05) is 13.3 Å². The van der Waals surface area contributed by atoms with Gasteiger partial charge in [-0.05, 0) is 52.7 Å². The molecule has 0 aromatic carbocycles. The van der Waals surface area contributed by atoms with Crippen molar-refractivity contribution in [2.45, 2.75) is 77.6 Å². The van der Waals surface area contributed by atoms with Gasteiger partial charge in [0.1, 0.15) is 0 Å². The van der Waals surface area contributed by atoms with E-state index in [-0.39, 0.29) is 18.1 Å². The molecule has 1 fully saturated rings. The monoisotopic (exact) mass is 338 g/mol. The summed E-state index contributed by atoms with van der Waals surface area (Å²) in [6.07, 6.45) is 4.64. The maximum Gasteiger partial charge on any atom is 0.319 e. The number of carbonyl (C=O) groups excluding carboxylic acids is 1. The van der Waals surface area contributed by atoms with Gasteiger partial charge >= 0.3 is 6.03 Å². The molecular formula is C17H30N4OS. The molecule has 0 radical (unpaired) electrons. The lowest BCUT2D eigenvalue weighted by Crippen LogP contribution is -2.41. The summed E-state index contributed by atoms with van der Waals surface area (Å²) in [6.45, 7) is 10.3. The lowest BCUT2D eigenvalue weighted by atomic mass is 9.95. The van der Waals surface area contributed by atoms with Gasteiger partial charge in [0.25, 0.3) is 0 Å². The van der Waals surface area contributed by atoms with E-state index in [0.29, 0.717) is 5.25 Å². The SMILES string of the molecule is CCS[C@H]1CCC[C@@H](NC(=O)Nc2c(C)nn(C(C)C)c2C)C1. The third-order valence-electron chi connectivity index (χ3n) is 4.42. The summed E-state index contributed by atoms with van der Waals surface area (Å²) >= 11 is 2.01. The number of carbonyl (C=O) groups is 1. The molecule has 2 atom stereocenters.